The fraction of sp³-hybridized carbons (Fsp3) is 0.833. The third kappa shape index (κ3) is 2.39. The average Bonchev–Trinajstić information content (AvgIpc) is 2.02. The molecule has 0 unspecified atom stereocenters. The molecule has 0 aromatic carbocycles. The maximum Gasteiger partial charge on any atom is 0.320 e. The smallest absolute Gasteiger partial charge is 0.320 e. The van der Waals surface area contributed by atoms with Crippen molar-refractivity contribution < 1.29 is 14.3 Å². The molecule has 0 radical (unpaired) electrons. The molecule has 0 heterocycles. The number of esters is 1. The molecule has 0 aliphatic rings. The minimum atomic E-state index is -0.990. The van der Waals surface area contributed by atoms with Gasteiger partial charge in [-0.1, -0.05) is 27.7 Å². The van der Waals surface area contributed by atoms with E-state index in [1.807, 2.05) is 27.7 Å². The van der Waals surface area contributed by atoms with Crippen LogP contribution in [0.25, 0.3) is 0 Å². The first kappa shape index (κ1) is 14.1. The van der Waals surface area contributed by atoms with E-state index in [9.17, 15) is 9.59 Å². The standard InChI is InChI=1S/C12H22O3/c1-7-15-11(14)12(8(2)3,9(4)5)10(6)13/h8-9H,7H2,1-6H3. The predicted molar refractivity (Wildman–Crippen MR) is 59.4 cm³/mol. The van der Waals surface area contributed by atoms with Gasteiger partial charge >= 0.3 is 5.97 Å². The predicted octanol–water partition coefficient (Wildman–Crippen LogP) is 2.44. The van der Waals surface area contributed by atoms with Crippen LogP contribution in [-0.2, 0) is 14.3 Å². The third-order valence-corrected chi connectivity index (χ3v) is 3.02. The van der Waals surface area contributed by atoms with Crippen LogP contribution >= 0.6 is 0 Å². The van der Waals surface area contributed by atoms with E-state index >= 15 is 0 Å². The number of rotatable bonds is 5. The molecule has 0 rings (SSSR count). The second-order valence-corrected chi connectivity index (χ2v) is 4.46. The summed E-state index contributed by atoms with van der Waals surface area (Å²) in [4.78, 5) is 23.7. The van der Waals surface area contributed by atoms with Crippen LogP contribution in [0, 0.1) is 17.3 Å². The molecular weight excluding hydrogens is 192 g/mol. The van der Waals surface area contributed by atoms with E-state index in [0.717, 1.165) is 0 Å². The highest BCUT2D eigenvalue weighted by atomic mass is 16.5. The van der Waals surface area contributed by atoms with Crippen LogP contribution < -0.4 is 0 Å². The Kier molecular flexibility index (Phi) is 4.98. The van der Waals surface area contributed by atoms with Gasteiger partial charge in [0, 0.05) is 0 Å². The lowest BCUT2D eigenvalue weighted by Gasteiger charge is -2.36. The van der Waals surface area contributed by atoms with Crippen LogP contribution in [0.2, 0.25) is 0 Å². The molecule has 0 fully saturated rings. The number of Topliss-reactive ketones (excluding diaryl/α,β-unsaturated/α-hetero) is 1. The van der Waals surface area contributed by atoms with Crippen molar-refractivity contribution in [2.75, 3.05) is 6.61 Å². The van der Waals surface area contributed by atoms with Crippen LogP contribution in [0.1, 0.15) is 41.5 Å². The topological polar surface area (TPSA) is 43.4 Å². The van der Waals surface area contributed by atoms with Crippen LogP contribution in [0.3, 0.4) is 0 Å². The van der Waals surface area contributed by atoms with Crippen molar-refractivity contribution in [3.8, 4) is 0 Å². The quantitative estimate of drug-likeness (QED) is 0.521. The highest BCUT2D eigenvalue weighted by molar-refractivity contribution is 6.03. The van der Waals surface area contributed by atoms with E-state index in [1.165, 1.54) is 6.92 Å². The lowest BCUT2D eigenvalue weighted by atomic mass is 9.66. The van der Waals surface area contributed by atoms with Gasteiger partial charge in [0.1, 0.15) is 11.2 Å². The van der Waals surface area contributed by atoms with Gasteiger partial charge in [-0.15, -0.1) is 0 Å². The fourth-order valence-corrected chi connectivity index (χ4v) is 2.35. The zero-order valence-electron chi connectivity index (χ0n) is 10.6. The number of carbonyl (C=O) groups is 2. The Balaban J connectivity index is 5.32. The monoisotopic (exact) mass is 214 g/mol. The number of hydrogen-bond donors (Lipinski definition) is 0. The van der Waals surface area contributed by atoms with Gasteiger partial charge < -0.3 is 4.74 Å². The van der Waals surface area contributed by atoms with Gasteiger partial charge in [0.2, 0.25) is 0 Å². The summed E-state index contributed by atoms with van der Waals surface area (Å²) < 4.78 is 5.03. The molecule has 3 heteroatoms. The van der Waals surface area contributed by atoms with Crippen molar-refractivity contribution >= 4 is 11.8 Å². The van der Waals surface area contributed by atoms with E-state index in [-0.39, 0.29) is 23.6 Å². The largest absolute Gasteiger partial charge is 0.465 e. The van der Waals surface area contributed by atoms with Crippen molar-refractivity contribution in [1.29, 1.82) is 0 Å². The molecule has 0 atom stereocenters. The van der Waals surface area contributed by atoms with Gasteiger partial charge in [-0.25, -0.2) is 0 Å². The second-order valence-electron chi connectivity index (χ2n) is 4.46. The van der Waals surface area contributed by atoms with E-state index in [2.05, 4.69) is 0 Å². The number of ether oxygens (including phenoxy) is 1. The minimum absolute atomic E-state index is 0.0472. The summed E-state index contributed by atoms with van der Waals surface area (Å²) in [5, 5.41) is 0. The fourth-order valence-electron chi connectivity index (χ4n) is 2.35. The molecule has 0 amide bonds. The first-order valence-electron chi connectivity index (χ1n) is 5.49. The number of ketones is 1. The Labute approximate surface area is 92.2 Å². The molecule has 15 heavy (non-hydrogen) atoms. The summed E-state index contributed by atoms with van der Waals surface area (Å²) in [6.07, 6.45) is 0. The molecular formula is C12H22O3. The summed E-state index contributed by atoms with van der Waals surface area (Å²) >= 11 is 0. The molecule has 88 valence electrons. The summed E-state index contributed by atoms with van der Waals surface area (Å²) in [6, 6.07) is 0. The molecule has 0 spiro atoms. The number of carbonyl (C=O) groups excluding carboxylic acids is 2. The SMILES string of the molecule is CCOC(=O)C(C(C)=O)(C(C)C)C(C)C. The van der Waals surface area contributed by atoms with Gasteiger partial charge in [0.25, 0.3) is 0 Å². The Hall–Kier alpha value is -0.860. The van der Waals surface area contributed by atoms with Crippen LogP contribution in [0.4, 0.5) is 0 Å². The first-order valence-corrected chi connectivity index (χ1v) is 5.49. The Morgan fingerprint density at radius 1 is 1.13 bits per heavy atom. The lowest BCUT2D eigenvalue weighted by Crippen LogP contribution is -2.48. The maximum absolute atomic E-state index is 11.9. The van der Waals surface area contributed by atoms with Gasteiger partial charge in [0.05, 0.1) is 6.61 Å². The van der Waals surface area contributed by atoms with Crippen LogP contribution in [-0.4, -0.2) is 18.4 Å². The van der Waals surface area contributed by atoms with Crippen molar-refractivity contribution in [1.82, 2.24) is 0 Å². The highest BCUT2D eigenvalue weighted by Crippen LogP contribution is 2.38. The molecule has 3 nitrogen and oxygen atoms in total. The van der Waals surface area contributed by atoms with Gasteiger partial charge in [-0.2, -0.15) is 0 Å². The second kappa shape index (κ2) is 5.29. The van der Waals surface area contributed by atoms with Crippen LogP contribution in [0.5, 0.6) is 0 Å². The molecule has 0 saturated heterocycles. The van der Waals surface area contributed by atoms with E-state index in [4.69, 9.17) is 4.74 Å². The van der Waals surface area contributed by atoms with Crippen molar-refractivity contribution in [2.24, 2.45) is 17.3 Å². The zero-order valence-corrected chi connectivity index (χ0v) is 10.6. The van der Waals surface area contributed by atoms with E-state index < -0.39 is 5.41 Å². The van der Waals surface area contributed by atoms with Gasteiger partial charge in [-0.05, 0) is 25.7 Å². The summed E-state index contributed by atoms with van der Waals surface area (Å²) in [6.45, 7) is 11.1. The van der Waals surface area contributed by atoms with Gasteiger partial charge in [0.15, 0.2) is 0 Å². The molecule has 0 aliphatic heterocycles. The Morgan fingerprint density at radius 3 is 1.73 bits per heavy atom. The van der Waals surface area contributed by atoms with E-state index in [1.54, 1.807) is 6.92 Å². The van der Waals surface area contributed by atoms with Crippen molar-refractivity contribution in [2.45, 2.75) is 41.5 Å². The first-order chi connectivity index (χ1) is 6.81. The summed E-state index contributed by atoms with van der Waals surface area (Å²) in [7, 11) is 0. The average molecular weight is 214 g/mol. The van der Waals surface area contributed by atoms with E-state index in [0.29, 0.717) is 6.61 Å². The Morgan fingerprint density at radius 2 is 1.53 bits per heavy atom. The molecule has 0 N–H and O–H groups in total. The molecule has 0 aliphatic carbocycles. The normalized spacial score (nSPS) is 12.0. The lowest BCUT2D eigenvalue weighted by molar-refractivity contribution is -0.166. The summed E-state index contributed by atoms with van der Waals surface area (Å²) in [5.74, 6) is -0.587. The zero-order chi connectivity index (χ0) is 12.2. The highest BCUT2D eigenvalue weighted by Gasteiger charge is 2.50. The molecule has 0 aromatic heterocycles. The minimum Gasteiger partial charge on any atom is -0.465 e. The van der Waals surface area contributed by atoms with Gasteiger partial charge in [-0.3, -0.25) is 9.59 Å². The summed E-state index contributed by atoms with van der Waals surface area (Å²) in [5.41, 5.74) is -0.990. The number of hydrogen-bond acceptors (Lipinski definition) is 3. The van der Waals surface area contributed by atoms with Crippen molar-refractivity contribution in [3.05, 3.63) is 0 Å². The third-order valence-electron chi connectivity index (χ3n) is 3.02. The molecule has 0 saturated carbocycles. The van der Waals surface area contributed by atoms with Crippen LogP contribution in [0.15, 0.2) is 0 Å². The maximum atomic E-state index is 11.9. The van der Waals surface area contributed by atoms with Crippen molar-refractivity contribution in [3.63, 3.8) is 0 Å². The molecule has 0 aromatic rings. The Bertz CT molecular complexity index is 233. The molecule has 0 bridgehead atoms.